The van der Waals surface area contributed by atoms with Crippen LogP contribution >= 0.6 is 0 Å². The highest BCUT2D eigenvalue weighted by Gasteiger charge is 2.32. The number of hydrogen-bond acceptors (Lipinski definition) is 4. The molecule has 0 fully saturated rings. The van der Waals surface area contributed by atoms with Crippen LogP contribution < -0.4 is 5.73 Å². The van der Waals surface area contributed by atoms with Gasteiger partial charge in [-0.2, -0.15) is 13.2 Å². The summed E-state index contributed by atoms with van der Waals surface area (Å²) in [4.78, 5) is 1.36. The van der Waals surface area contributed by atoms with Gasteiger partial charge >= 0.3 is 6.18 Å². The van der Waals surface area contributed by atoms with Crippen molar-refractivity contribution in [2.24, 2.45) is 0 Å². The summed E-state index contributed by atoms with van der Waals surface area (Å²) in [5.74, 6) is 0.226. The average Bonchev–Trinajstić information content (AvgIpc) is 2.39. The topological polar surface area (TPSA) is 55.3 Å². The number of nitrogens with two attached hydrogens (primary N) is 1. The molecule has 0 aromatic carbocycles. The Morgan fingerprint density at radius 2 is 2.00 bits per heavy atom. The number of anilines is 1. The van der Waals surface area contributed by atoms with E-state index in [-0.39, 0.29) is 5.88 Å². The van der Waals surface area contributed by atoms with Crippen molar-refractivity contribution in [2.75, 3.05) is 25.4 Å². The summed E-state index contributed by atoms with van der Waals surface area (Å²) in [6.07, 6.45) is -3.25. The molecule has 0 radical (unpaired) electrons. The van der Waals surface area contributed by atoms with Crippen LogP contribution in [0.25, 0.3) is 0 Å². The zero-order valence-corrected chi connectivity index (χ0v) is 8.55. The normalized spacial score (nSPS) is 18.2. The molecule has 0 amide bonds. The van der Waals surface area contributed by atoms with Gasteiger partial charge in [-0.25, -0.2) is 0 Å². The van der Waals surface area contributed by atoms with Gasteiger partial charge in [0.1, 0.15) is 0 Å². The SMILES string of the molecule is Nc1onc2c1CCN(CC(F)(F)F)CC2. The van der Waals surface area contributed by atoms with E-state index in [1.165, 1.54) is 4.90 Å². The molecule has 0 atom stereocenters. The molecule has 0 saturated carbocycles. The molecule has 0 bridgehead atoms. The monoisotopic (exact) mass is 235 g/mol. The minimum atomic E-state index is -4.16. The van der Waals surface area contributed by atoms with Crippen LogP contribution in [-0.4, -0.2) is 35.9 Å². The van der Waals surface area contributed by atoms with Crippen molar-refractivity contribution in [3.05, 3.63) is 11.3 Å². The van der Waals surface area contributed by atoms with E-state index in [2.05, 4.69) is 5.16 Å². The lowest BCUT2D eigenvalue weighted by atomic mass is 10.1. The van der Waals surface area contributed by atoms with Crippen LogP contribution in [0.4, 0.5) is 19.1 Å². The molecule has 0 spiro atoms. The predicted octanol–water partition coefficient (Wildman–Crippen LogP) is 1.22. The Morgan fingerprint density at radius 3 is 2.69 bits per heavy atom. The van der Waals surface area contributed by atoms with Crippen LogP contribution in [-0.2, 0) is 12.8 Å². The van der Waals surface area contributed by atoms with Crippen molar-refractivity contribution in [3.8, 4) is 0 Å². The third-order valence-electron chi connectivity index (χ3n) is 2.65. The van der Waals surface area contributed by atoms with Crippen molar-refractivity contribution >= 4 is 5.88 Å². The van der Waals surface area contributed by atoms with Gasteiger partial charge in [0.25, 0.3) is 0 Å². The minimum Gasteiger partial charge on any atom is -0.367 e. The second-order valence-electron chi connectivity index (χ2n) is 3.86. The molecule has 2 N–H and O–H groups in total. The lowest BCUT2D eigenvalue weighted by Gasteiger charge is -2.20. The second kappa shape index (κ2) is 3.97. The van der Waals surface area contributed by atoms with Gasteiger partial charge in [-0.1, -0.05) is 5.16 Å². The quantitative estimate of drug-likeness (QED) is 0.795. The summed E-state index contributed by atoms with van der Waals surface area (Å²) < 4.78 is 41.4. The van der Waals surface area contributed by atoms with Crippen molar-refractivity contribution in [2.45, 2.75) is 19.0 Å². The third kappa shape index (κ3) is 2.46. The molecule has 0 aliphatic carbocycles. The smallest absolute Gasteiger partial charge is 0.367 e. The zero-order chi connectivity index (χ0) is 11.8. The summed E-state index contributed by atoms with van der Waals surface area (Å²) in [7, 11) is 0. The molecule has 7 heteroatoms. The Labute approximate surface area is 90.2 Å². The van der Waals surface area contributed by atoms with Crippen LogP contribution in [0.1, 0.15) is 11.3 Å². The number of fused-ring (bicyclic) bond motifs is 1. The van der Waals surface area contributed by atoms with E-state index >= 15 is 0 Å². The number of aromatic nitrogens is 1. The molecule has 0 unspecified atom stereocenters. The lowest BCUT2D eigenvalue weighted by Crippen LogP contribution is -2.36. The third-order valence-corrected chi connectivity index (χ3v) is 2.65. The Morgan fingerprint density at radius 1 is 1.31 bits per heavy atom. The first-order chi connectivity index (χ1) is 7.46. The highest BCUT2D eigenvalue weighted by Crippen LogP contribution is 2.23. The maximum Gasteiger partial charge on any atom is 0.401 e. The first-order valence-corrected chi connectivity index (χ1v) is 4.98. The highest BCUT2D eigenvalue weighted by molar-refractivity contribution is 5.39. The van der Waals surface area contributed by atoms with E-state index in [9.17, 15) is 13.2 Å². The summed E-state index contributed by atoms with van der Waals surface area (Å²) in [6.45, 7) is -0.218. The number of rotatable bonds is 1. The maximum absolute atomic E-state index is 12.2. The average molecular weight is 235 g/mol. The number of hydrogen-bond donors (Lipinski definition) is 1. The van der Waals surface area contributed by atoms with Gasteiger partial charge in [0.05, 0.1) is 12.2 Å². The van der Waals surface area contributed by atoms with E-state index in [0.717, 1.165) is 5.56 Å². The molecule has 1 aromatic rings. The minimum absolute atomic E-state index is 0.226. The van der Waals surface area contributed by atoms with Gasteiger partial charge < -0.3 is 10.3 Å². The molecule has 1 aliphatic rings. The van der Waals surface area contributed by atoms with Gasteiger partial charge in [0.2, 0.25) is 5.88 Å². The number of nitrogen functional groups attached to an aromatic ring is 1. The summed E-state index contributed by atoms with van der Waals surface area (Å²) >= 11 is 0. The largest absolute Gasteiger partial charge is 0.401 e. The first kappa shape index (κ1) is 11.3. The van der Waals surface area contributed by atoms with E-state index in [1.54, 1.807) is 0 Å². The fraction of sp³-hybridized carbons (Fsp3) is 0.667. The van der Waals surface area contributed by atoms with Crippen LogP contribution in [0.5, 0.6) is 0 Å². The Hall–Kier alpha value is -1.24. The maximum atomic E-state index is 12.2. The van der Waals surface area contributed by atoms with Crippen LogP contribution in [0.2, 0.25) is 0 Å². The van der Waals surface area contributed by atoms with Crippen LogP contribution in [0.15, 0.2) is 4.52 Å². The van der Waals surface area contributed by atoms with E-state index in [0.29, 0.717) is 31.6 Å². The van der Waals surface area contributed by atoms with Gasteiger partial charge in [0.15, 0.2) is 0 Å². The molecular weight excluding hydrogens is 223 g/mol. The van der Waals surface area contributed by atoms with E-state index in [4.69, 9.17) is 10.3 Å². The Kier molecular flexibility index (Phi) is 2.79. The molecule has 2 heterocycles. The molecular formula is C9H12F3N3O. The predicted molar refractivity (Wildman–Crippen MR) is 50.8 cm³/mol. The number of alkyl halides is 3. The van der Waals surface area contributed by atoms with Gasteiger partial charge in [-0.15, -0.1) is 0 Å². The van der Waals surface area contributed by atoms with Crippen LogP contribution in [0, 0.1) is 0 Å². The van der Waals surface area contributed by atoms with Crippen molar-refractivity contribution in [1.29, 1.82) is 0 Å². The molecule has 4 nitrogen and oxygen atoms in total. The zero-order valence-electron chi connectivity index (χ0n) is 8.55. The lowest BCUT2D eigenvalue weighted by molar-refractivity contribution is -0.145. The van der Waals surface area contributed by atoms with E-state index in [1.807, 2.05) is 0 Å². The Balaban J connectivity index is 2.02. The molecule has 2 rings (SSSR count). The first-order valence-electron chi connectivity index (χ1n) is 4.98. The molecule has 0 saturated heterocycles. The van der Waals surface area contributed by atoms with E-state index < -0.39 is 12.7 Å². The summed E-state index contributed by atoms with van der Waals surface area (Å²) in [5, 5.41) is 3.74. The number of nitrogens with zero attached hydrogens (tertiary/aromatic N) is 2. The van der Waals surface area contributed by atoms with Gasteiger partial charge in [-0.3, -0.25) is 4.90 Å². The standard InChI is InChI=1S/C9H12F3N3O/c10-9(11,12)5-15-3-1-6-7(2-4-15)14-16-8(6)13/h1-5,13H2. The summed E-state index contributed by atoms with van der Waals surface area (Å²) in [5.41, 5.74) is 6.97. The molecule has 1 aromatic heterocycles. The van der Waals surface area contributed by atoms with Crippen molar-refractivity contribution in [1.82, 2.24) is 10.1 Å². The van der Waals surface area contributed by atoms with Gasteiger partial charge in [-0.05, 0) is 6.42 Å². The Bertz CT molecular complexity index is 375. The fourth-order valence-electron chi connectivity index (χ4n) is 1.88. The summed E-state index contributed by atoms with van der Waals surface area (Å²) in [6, 6.07) is 0. The molecule has 90 valence electrons. The second-order valence-corrected chi connectivity index (χ2v) is 3.86. The highest BCUT2D eigenvalue weighted by atomic mass is 19.4. The fourth-order valence-corrected chi connectivity index (χ4v) is 1.88. The molecule has 16 heavy (non-hydrogen) atoms. The van der Waals surface area contributed by atoms with Gasteiger partial charge in [0, 0.05) is 25.1 Å². The van der Waals surface area contributed by atoms with Crippen molar-refractivity contribution in [3.63, 3.8) is 0 Å². The van der Waals surface area contributed by atoms with Crippen molar-refractivity contribution < 1.29 is 17.7 Å². The molecule has 1 aliphatic heterocycles. The van der Waals surface area contributed by atoms with Crippen LogP contribution in [0.3, 0.4) is 0 Å². The number of halogens is 3.